The molecule has 1 N–H and O–H groups in total. The number of allylic oxidation sites excluding steroid dienone is 1. The lowest BCUT2D eigenvalue weighted by atomic mass is 9.33. The monoisotopic (exact) mass is 468 g/mol. The van der Waals surface area contributed by atoms with Crippen molar-refractivity contribution in [2.75, 3.05) is 0 Å². The number of carbonyl (C=O) groups excluding carboxylic acids is 2. The van der Waals surface area contributed by atoms with Gasteiger partial charge in [0.2, 0.25) is 0 Å². The average molecular weight is 469 g/mol. The van der Waals surface area contributed by atoms with Crippen LogP contribution in [-0.4, -0.2) is 23.1 Å². The first-order valence-corrected chi connectivity index (χ1v) is 13.6. The summed E-state index contributed by atoms with van der Waals surface area (Å²) >= 11 is 0. The summed E-state index contributed by atoms with van der Waals surface area (Å²) in [5.74, 6) is 0.453. The Labute approximate surface area is 205 Å². The van der Waals surface area contributed by atoms with Gasteiger partial charge in [0.05, 0.1) is 5.41 Å². The molecule has 0 aromatic carbocycles. The molecule has 0 aromatic heterocycles. The van der Waals surface area contributed by atoms with Crippen LogP contribution in [0.4, 0.5) is 0 Å². The molecule has 0 bridgehead atoms. The fourth-order valence-electron chi connectivity index (χ4n) is 10.4. The van der Waals surface area contributed by atoms with Crippen molar-refractivity contribution in [3.63, 3.8) is 0 Å². The standard InChI is InChI=1S/C30H44O4/c1-25(2)21-9-12-29(6)22(28(21,5)11-10-23(25)32)8-7-19-20-17-26(3,18-31)13-14-27(20,4)15-16-30(19,29)24(33)34/h7,18,20-22H,8-17H2,1-6H3,(H,33,34). The van der Waals surface area contributed by atoms with Gasteiger partial charge in [0.15, 0.2) is 0 Å². The zero-order chi connectivity index (χ0) is 24.9. The van der Waals surface area contributed by atoms with Gasteiger partial charge in [0, 0.05) is 17.3 Å². The van der Waals surface area contributed by atoms with Crippen molar-refractivity contribution >= 4 is 18.0 Å². The minimum absolute atomic E-state index is 0.0283. The molecule has 188 valence electrons. The highest BCUT2D eigenvalue weighted by atomic mass is 16.4. The van der Waals surface area contributed by atoms with Crippen molar-refractivity contribution in [2.45, 2.75) is 106 Å². The second kappa shape index (κ2) is 7.07. The first-order chi connectivity index (χ1) is 15.7. The fraction of sp³-hybridized carbons (Fsp3) is 0.833. The van der Waals surface area contributed by atoms with Gasteiger partial charge >= 0.3 is 5.97 Å². The number of ketones is 1. The third kappa shape index (κ3) is 2.75. The lowest BCUT2D eigenvalue weighted by molar-refractivity contribution is -0.200. The Morgan fingerprint density at radius 1 is 0.971 bits per heavy atom. The van der Waals surface area contributed by atoms with Crippen LogP contribution in [0.15, 0.2) is 11.6 Å². The molecule has 4 nitrogen and oxygen atoms in total. The summed E-state index contributed by atoms with van der Waals surface area (Å²) in [6, 6.07) is 0. The summed E-state index contributed by atoms with van der Waals surface area (Å²) in [7, 11) is 0. The van der Waals surface area contributed by atoms with Crippen LogP contribution in [0, 0.1) is 50.2 Å². The Kier molecular flexibility index (Phi) is 5.04. The molecular weight excluding hydrogens is 424 g/mol. The highest BCUT2D eigenvalue weighted by molar-refractivity contribution is 5.86. The number of carbonyl (C=O) groups is 3. The van der Waals surface area contributed by atoms with Gasteiger partial charge in [0.25, 0.3) is 0 Å². The van der Waals surface area contributed by atoms with Gasteiger partial charge in [-0.2, -0.15) is 0 Å². The molecule has 0 aromatic rings. The predicted molar refractivity (Wildman–Crippen MR) is 132 cm³/mol. The summed E-state index contributed by atoms with van der Waals surface area (Å²) in [5, 5.41) is 11.1. The topological polar surface area (TPSA) is 71.4 Å². The zero-order valence-electron chi connectivity index (χ0n) is 22.1. The number of carboxylic acids is 1. The molecule has 4 fully saturated rings. The Balaban J connectivity index is 1.65. The van der Waals surface area contributed by atoms with Crippen molar-refractivity contribution in [3.05, 3.63) is 11.6 Å². The van der Waals surface area contributed by atoms with Crippen LogP contribution in [0.25, 0.3) is 0 Å². The van der Waals surface area contributed by atoms with Gasteiger partial charge in [0.1, 0.15) is 12.1 Å². The van der Waals surface area contributed by atoms with Gasteiger partial charge in [-0.05, 0) is 91.8 Å². The van der Waals surface area contributed by atoms with Crippen molar-refractivity contribution in [1.82, 2.24) is 0 Å². The van der Waals surface area contributed by atoms with E-state index in [1.807, 2.05) is 0 Å². The van der Waals surface area contributed by atoms with E-state index in [4.69, 9.17) is 0 Å². The molecule has 4 heteroatoms. The number of aliphatic carboxylic acids is 1. The number of rotatable bonds is 2. The summed E-state index contributed by atoms with van der Waals surface area (Å²) < 4.78 is 0. The maximum atomic E-state index is 13.5. The second-order valence-electron chi connectivity index (χ2n) is 14.5. The fourth-order valence-corrected chi connectivity index (χ4v) is 10.4. The highest BCUT2D eigenvalue weighted by Crippen LogP contribution is 2.75. The van der Waals surface area contributed by atoms with Gasteiger partial charge < -0.3 is 9.90 Å². The van der Waals surface area contributed by atoms with Crippen molar-refractivity contribution in [1.29, 1.82) is 0 Å². The summed E-state index contributed by atoms with van der Waals surface area (Å²) in [5.41, 5.74) is -0.692. The van der Waals surface area contributed by atoms with E-state index in [-0.39, 0.29) is 38.9 Å². The smallest absolute Gasteiger partial charge is 0.314 e. The summed E-state index contributed by atoms with van der Waals surface area (Å²) in [6.45, 7) is 13.3. The number of hydrogen-bond acceptors (Lipinski definition) is 3. The number of Topliss-reactive ketones (excluding diaryl/α,β-unsaturated/α-hetero) is 1. The van der Waals surface area contributed by atoms with Gasteiger partial charge in [-0.3, -0.25) is 9.59 Å². The van der Waals surface area contributed by atoms with E-state index in [0.717, 1.165) is 63.2 Å². The zero-order valence-corrected chi connectivity index (χ0v) is 22.1. The first kappa shape index (κ1) is 24.3. The third-order valence-corrected chi connectivity index (χ3v) is 12.7. The molecule has 0 spiro atoms. The lowest BCUT2D eigenvalue weighted by Gasteiger charge is -2.69. The molecule has 5 aliphatic rings. The maximum Gasteiger partial charge on any atom is 0.314 e. The molecule has 8 unspecified atom stereocenters. The molecule has 0 radical (unpaired) electrons. The van der Waals surface area contributed by atoms with Crippen LogP contribution in [0.5, 0.6) is 0 Å². The number of fused-ring (bicyclic) bond motifs is 7. The van der Waals surface area contributed by atoms with Gasteiger partial charge in [-0.25, -0.2) is 0 Å². The molecule has 4 saturated carbocycles. The number of carboxylic acid groups (broad SMARTS) is 1. The summed E-state index contributed by atoms with van der Waals surface area (Å²) in [6.07, 6.45) is 11.9. The number of hydrogen-bond donors (Lipinski definition) is 1. The minimum Gasteiger partial charge on any atom is -0.481 e. The van der Waals surface area contributed by atoms with Crippen LogP contribution in [-0.2, 0) is 14.4 Å². The van der Waals surface area contributed by atoms with Crippen LogP contribution >= 0.6 is 0 Å². The molecule has 8 atom stereocenters. The largest absolute Gasteiger partial charge is 0.481 e. The molecule has 0 aliphatic heterocycles. The van der Waals surface area contributed by atoms with Crippen molar-refractivity contribution in [3.8, 4) is 0 Å². The van der Waals surface area contributed by atoms with E-state index in [0.29, 0.717) is 24.5 Å². The van der Waals surface area contributed by atoms with Crippen LogP contribution in [0.2, 0.25) is 0 Å². The Morgan fingerprint density at radius 3 is 2.29 bits per heavy atom. The molecule has 5 rings (SSSR count). The van der Waals surface area contributed by atoms with E-state index in [1.54, 1.807) is 0 Å². The van der Waals surface area contributed by atoms with Gasteiger partial charge in [-0.15, -0.1) is 0 Å². The SMILES string of the molecule is CC1(C=O)CCC2(C)CCC3(C(=O)O)C(=CCC4C5(C)CCC(=O)C(C)(C)C5CCC43C)C2C1. The van der Waals surface area contributed by atoms with Crippen molar-refractivity contribution < 1.29 is 19.5 Å². The van der Waals surface area contributed by atoms with Gasteiger partial charge in [-0.1, -0.05) is 53.2 Å². The quantitative estimate of drug-likeness (QED) is 0.365. The predicted octanol–water partition coefficient (Wildman–Crippen LogP) is 6.62. The highest BCUT2D eigenvalue weighted by Gasteiger charge is 2.71. The Bertz CT molecular complexity index is 978. The van der Waals surface area contributed by atoms with E-state index in [9.17, 15) is 19.5 Å². The lowest BCUT2D eigenvalue weighted by Crippen LogP contribution is -2.66. The normalized spacial score (nSPS) is 51.8. The average Bonchev–Trinajstić information content (AvgIpc) is 2.77. The number of aldehydes is 1. The Morgan fingerprint density at radius 2 is 1.65 bits per heavy atom. The Hall–Kier alpha value is -1.45. The second-order valence-corrected chi connectivity index (χ2v) is 14.5. The molecule has 0 amide bonds. The maximum absolute atomic E-state index is 13.5. The van der Waals surface area contributed by atoms with Crippen molar-refractivity contribution in [2.24, 2.45) is 50.2 Å². The molecule has 0 heterocycles. The van der Waals surface area contributed by atoms with Crippen LogP contribution in [0.1, 0.15) is 106 Å². The third-order valence-electron chi connectivity index (χ3n) is 12.7. The van der Waals surface area contributed by atoms with E-state index < -0.39 is 11.4 Å². The molecular formula is C30H44O4. The first-order valence-electron chi connectivity index (χ1n) is 13.6. The van der Waals surface area contributed by atoms with Crippen LogP contribution < -0.4 is 0 Å². The van der Waals surface area contributed by atoms with E-state index in [1.165, 1.54) is 0 Å². The minimum atomic E-state index is -0.860. The molecule has 34 heavy (non-hydrogen) atoms. The molecule has 5 aliphatic carbocycles. The van der Waals surface area contributed by atoms with E-state index >= 15 is 0 Å². The summed E-state index contributed by atoms with van der Waals surface area (Å²) in [4.78, 5) is 38.4. The molecule has 0 saturated heterocycles. The van der Waals surface area contributed by atoms with E-state index in [2.05, 4.69) is 47.6 Å². The van der Waals surface area contributed by atoms with Crippen LogP contribution in [0.3, 0.4) is 0 Å².